The van der Waals surface area contributed by atoms with Crippen LogP contribution in [0.5, 0.6) is 0 Å². The van der Waals surface area contributed by atoms with Crippen LogP contribution in [-0.4, -0.2) is 24.0 Å². The fourth-order valence-electron chi connectivity index (χ4n) is 1.59. The number of nitrogens with one attached hydrogen (secondary N) is 2. The van der Waals surface area contributed by atoms with E-state index in [1.807, 2.05) is 6.92 Å². The van der Waals surface area contributed by atoms with Crippen molar-refractivity contribution in [3.63, 3.8) is 0 Å². The fourth-order valence-corrected chi connectivity index (χ4v) is 2.64. The smallest absolute Gasteiger partial charge is 0.242 e. The summed E-state index contributed by atoms with van der Waals surface area (Å²) in [4.78, 5) is 17.3. The molecular formula is C10H15N3OS. The summed E-state index contributed by atoms with van der Waals surface area (Å²) in [5.41, 5.74) is 1.17. The van der Waals surface area contributed by atoms with Gasteiger partial charge in [-0.05, 0) is 33.2 Å². The highest BCUT2D eigenvalue weighted by atomic mass is 32.1. The summed E-state index contributed by atoms with van der Waals surface area (Å²) in [6.45, 7) is 1.83. The van der Waals surface area contributed by atoms with E-state index >= 15 is 0 Å². The average molecular weight is 225 g/mol. The number of nitrogens with zero attached hydrogens (tertiary/aromatic N) is 1. The maximum absolute atomic E-state index is 11.6. The van der Waals surface area contributed by atoms with Crippen LogP contribution in [0.3, 0.4) is 0 Å². The Labute approximate surface area is 93.1 Å². The molecule has 1 aromatic rings. The summed E-state index contributed by atoms with van der Waals surface area (Å²) in [5.74, 6) is -0.0232. The van der Waals surface area contributed by atoms with Crippen molar-refractivity contribution < 1.29 is 4.79 Å². The van der Waals surface area contributed by atoms with Crippen LogP contribution >= 0.6 is 11.3 Å². The van der Waals surface area contributed by atoms with Gasteiger partial charge in [-0.15, -0.1) is 11.3 Å². The van der Waals surface area contributed by atoms with E-state index < -0.39 is 0 Å². The number of rotatable bonds is 3. The van der Waals surface area contributed by atoms with Crippen LogP contribution in [0.15, 0.2) is 0 Å². The first-order chi connectivity index (χ1) is 7.20. The zero-order chi connectivity index (χ0) is 10.8. The van der Waals surface area contributed by atoms with Crippen LogP contribution in [0.2, 0.25) is 0 Å². The molecule has 0 radical (unpaired) electrons. The summed E-state index contributed by atoms with van der Waals surface area (Å²) in [6, 6.07) is -0.177. The molecule has 2 rings (SSSR count). The van der Waals surface area contributed by atoms with Crippen molar-refractivity contribution >= 4 is 22.4 Å². The van der Waals surface area contributed by atoms with E-state index in [0.717, 1.165) is 18.0 Å². The van der Waals surface area contributed by atoms with Crippen LogP contribution < -0.4 is 10.6 Å². The Morgan fingerprint density at radius 1 is 1.53 bits per heavy atom. The molecule has 1 atom stereocenters. The summed E-state index contributed by atoms with van der Waals surface area (Å²) < 4.78 is 0. The molecule has 1 heterocycles. The van der Waals surface area contributed by atoms with Gasteiger partial charge in [-0.1, -0.05) is 0 Å². The highest BCUT2D eigenvalue weighted by Crippen LogP contribution is 2.30. The molecule has 1 aromatic heterocycles. The predicted molar refractivity (Wildman–Crippen MR) is 61.3 cm³/mol. The monoisotopic (exact) mass is 225 g/mol. The third-order valence-electron chi connectivity index (χ3n) is 2.65. The summed E-state index contributed by atoms with van der Waals surface area (Å²) in [7, 11) is 1.77. The van der Waals surface area contributed by atoms with Gasteiger partial charge in [0, 0.05) is 4.88 Å². The fraction of sp³-hybridized carbons (Fsp3) is 0.600. The first-order valence-corrected chi connectivity index (χ1v) is 5.99. The SMILES string of the molecule is CNC(C)C(=O)Nc1nc2c(s1)CCC2. The number of hydrogen-bond donors (Lipinski definition) is 2. The number of aryl methyl sites for hydroxylation is 2. The predicted octanol–water partition coefficient (Wildman–Crippen LogP) is 1.18. The molecule has 0 bridgehead atoms. The van der Waals surface area contributed by atoms with Gasteiger partial charge < -0.3 is 10.6 Å². The molecule has 0 aromatic carbocycles. The zero-order valence-electron chi connectivity index (χ0n) is 8.96. The van der Waals surface area contributed by atoms with E-state index in [1.54, 1.807) is 18.4 Å². The van der Waals surface area contributed by atoms with Gasteiger partial charge in [0.2, 0.25) is 5.91 Å². The maximum Gasteiger partial charge on any atom is 0.242 e. The minimum atomic E-state index is -0.177. The standard InChI is InChI=1S/C10H15N3OS/c1-6(11-2)9(14)13-10-12-7-4-3-5-8(7)15-10/h6,11H,3-5H2,1-2H3,(H,12,13,14). The molecule has 1 aliphatic rings. The molecule has 1 aliphatic carbocycles. The van der Waals surface area contributed by atoms with Gasteiger partial charge in [-0.25, -0.2) is 4.98 Å². The molecule has 82 valence electrons. The van der Waals surface area contributed by atoms with Crippen LogP contribution in [-0.2, 0) is 17.6 Å². The lowest BCUT2D eigenvalue weighted by atomic mass is 10.3. The molecule has 1 unspecified atom stereocenters. The van der Waals surface area contributed by atoms with Gasteiger partial charge in [0.25, 0.3) is 0 Å². The molecule has 1 amide bonds. The topological polar surface area (TPSA) is 54.0 Å². The summed E-state index contributed by atoms with van der Waals surface area (Å²) in [6.07, 6.45) is 3.38. The lowest BCUT2D eigenvalue weighted by molar-refractivity contribution is -0.117. The molecule has 0 spiro atoms. The Bertz CT molecular complexity index is 353. The minimum absolute atomic E-state index is 0.0232. The van der Waals surface area contributed by atoms with Gasteiger partial charge in [0.1, 0.15) is 0 Å². The Balaban J connectivity index is 2.02. The number of likely N-dealkylation sites (N-methyl/N-ethyl adjacent to an activating group) is 1. The first-order valence-electron chi connectivity index (χ1n) is 5.17. The lowest BCUT2D eigenvalue weighted by Gasteiger charge is -2.08. The van der Waals surface area contributed by atoms with Gasteiger partial charge in [-0.3, -0.25) is 4.79 Å². The van der Waals surface area contributed by atoms with Crippen LogP contribution in [0.25, 0.3) is 0 Å². The third-order valence-corrected chi connectivity index (χ3v) is 3.72. The van der Waals surface area contributed by atoms with Crippen molar-refractivity contribution in [2.24, 2.45) is 0 Å². The largest absolute Gasteiger partial charge is 0.309 e. The van der Waals surface area contributed by atoms with E-state index in [2.05, 4.69) is 15.6 Å². The summed E-state index contributed by atoms with van der Waals surface area (Å²) >= 11 is 1.61. The highest BCUT2D eigenvalue weighted by Gasteiger charge is 2.18. The number of carbonyl (C=O) groups excluding carboxylic acids is 1. The van der Waals surface area contributed by atoms with Gasteiger partial charge in [0.15, 0.2) is 5.13 Å². The van der Waals surface area contributed by atoms with Crippen molar-refractivity contribution in [3.05, 3.63) is 10.6 Å². The lowest BCUT2D eigenvalue weighted by Crippen LogP contribution is -2.35. The maximum atomic E-state index is 11.6. The van der Waals surface area contributed by atoms with Crippen molar-refractivity contribution in [1.29, 1.82) is 0 Å². The van der Waals surface area contributed by atoms with Gasteiger partial charge in [0.05, 0.1) is 11.7 Å². The quantitative estimate of drug-likeness (QED) is 0.812. The Kier molecular flexibility index (Phi) is 3.02. The minimum Gasteiger partial charge on any atom is -0.309 e. The number of carbonyl (C=O) groups is 1. The normalized spacial score (nSPS) is 16.1. The van der Waals surface area contributed by atoms with E-state index in [9.17, 15) is 4.79 Å². The van der Waals surface area contributed by atoms with Crippen molar-refractivity contribution in [3.8, 4) is 0 Å². The number of fused-ring (bicyclic) bond motifs is 1. The van der Waals surface area contributed by atoms with Crippen molar-refractivity contribution in [2.75, 3.05) is 12.4 Å². The second kappa shape index (κ2) is 4.28. The van der Waals surface area contributed by atoms with Crippen LogP contribution in [0.1, 0.15) is 23.9 Å². The molecule has 0 aliphatic heterocycles. The molecule has 0 fully saturated rings. The second-order valence-electron chi connectivity index (χ2n) is 3.74. The highest BCUT2D eigenvalue weighted by molar-refractivity contribution is 7.15. The molecule has 15 heavy (non-hydrogen) atoms. The zero-order valence-corrected chi connectivity index (χ0v) is 9.78. The second-order valence-corrected chi connectivity index (χ2v) is 4.83. The molecule has 5 heteroatoms. The van der Waals surface area contributed by atoms with E-state index in [-0.39, 0.29) is 11.9 Å². The molecule has 0 saturated carbocycles. The van der Waals surface area contributed by atoms with Crippen LogP contribution in [0, 0.1) is 0 Å². The van der Waals surface area contributed by atoms with Gasteiger partial charge in [-0.2, -0.15) is 0 Å². The number of amides is 1. The third kappa shape index (κ3) is 2.18. The first kappa shape index (κ1) is 10.6. The Morgan fingerprint density at radius 3 is 3.00 bits per heavy atom. The number of hydrogen-bond acceptors (Lipinski definition) is 4. The number of thiazole rings is 1. The number of aromatic nitrogens is 1. The molecule has 0 saturated heterocycles. The van der Waals surface area contributed by atoms with Gasteiger partial charge >= 0.3 is 0 Å². The van der Waals surface area contributed by atoms with Crippen molar-refractivity contribution in [2.45, 2.75) is 32.2 Å². The van der Waals surface area contributed by atoms with E-state index in [4.69, 9.17) is 0 Å². The molecular weight excluding hydrogens is 210 g/mol. The molecule has 2 N–H and O–H groups in total. The van der Waals surface area contributed by atoms with E-state index in [1.165, 1.54) is 17.0 Å². The molecule has 4 nitrogen and oxygen atoms in total. The number of anilines is 1. The Morgan fingerprint density at radius 2 is 2.33 bits per heavy atom. The van der Waals surface area contributed by atoms with E-state index in [0.29, 0.717) is 0 Å². The van der Waals surface area contributed by atoms with Crippen molar-refractivity contribution in [1.82, 2.24) is 10.3 Å². The average Bonchev–Trinajstić information content (AvgIpc) is 2.76. The van der Waals surface area contributed by atoms with Crippen LogP contribution in [0.4, 0.5) is 5.13 Å². The summed E-state index contributed by atoms with van der Waals surface area (Å²) in [5, 5.41) is 6.47. The Hall–Kier alpha value is -0.940.